The van der Waals surface area contributed by atoms with Crippen LogP contribution in [0.5, 0.6) is 0 Å². The van der Waals surface area contributed by atoms with Crippen molar-refractivity contribution in [2.24, 2.45) is 5.92 Å². The van der Waals surface area contributed by atoms with Crippen molar-refractivity contribution >= 4 is 0 Å². The van der Waals surface area contributed by atoms with E-state index in [1.165, 1.54) is 0 Å². The summed E-state index contributed by atoms with van der Waals surface area (Å²) in [5.74, 6) is 0.175. The number of rotatable bonds is 4. The van der Waals surface area contributed by atoms with Crippen LogP contribution in [0.4, 0.5) is 0 Å². The second-order valence-electron chi connectivity index (χ2n) is 4.81. The average Bonchev–Trinajstić information content (AvgIpc) is 2.20. The van der Waals surface area contributed by atoms with Crippen LogP contribution in [0.15, 0.2) is 0 Å². The molecule has 1 unspecified atom stereocenters. The quantitative estimate of drug-likeness (QED) is 0.666. The molecule has 1 heterocycles. The first kappa shape index (κ1) is 12.5. The first-order valence-electron chi connectivity index (χ1n) is 5.76. The highest BCUT2D eigenvalue weighted by Crippen LogP contribution is 2.32. The van der Waals surface area contributed by atoms with E-state index in [1.807, 2.05) is 0 Å². The molecule has 15 heavy (non-hydrogen) atoms. The maximum atomic E-state index is 9.11. The summed E-state index contributed by atoms with van der Waals surface area (Å²) in [5.41, 5.74) is 0.0285. The number of methoxy groups -OCH3 is 1. The zero-order valence-electron chi connectivity index (χ0n) is 10.1. The van der Waals surface area contributed by atoms with Gasteiger partial charge in [0.1, 0.15) is 0 Å². The Labute approximate surface area is 93.0 Å². The van der Waals surface area contributed by atoms with Gasteiger partial charge in [0.15, 0.2) is 0 Å². The summed E-state index contributed by atoms with van der Waals surface area (Å²) in [7, 11) is 1.74. The van der Waals surface area contributed by atoms with Crippen molar-refractivity contribution in [1.29, 1.82) is 5.26 Å². The molecular weight excluding hydrogens is 188 g/mol. The lowest BCUT2D eigenvalue weighted by atomic mass is 9.80. The Bertz CT molecular complexity index is 232. The first-order valence-corrected chi connectivity index (χ1v) is 5.76. The molecule has 0 aromatic carbocycles. The van der Waals surface area contributed by atoms with E-state index in [0.29, 0.717) is 0 Å². The van der Waals surface area contributed by atoms with Gasteiger partial charge in [-0.3, -0.25) is 4.90 Å². The lowest BCUT2D eigenvalue weighted by Crippen LogP contribution is -2.53. The fourth-order valence-electron chi connectivity index (χ4n) is 2.37. The lowest BCUT2D eigenvalue weighted by Gasteiger charge is -2.45. The average molecular weight is 210 g/mol. The van der Waals surface area contributed by atoms with Crippen molar-refractivity contribution in [2.75, 3.05) is 26.8 Å². The molecule has 0 N–H and O–H groups in total. The van der Waals surface area contributed by atoms with Crippen LogP contribution in [0.1, 0.15) is 33.1 Å². The van der Waals surface area contributed by atoms with E-state index in [4.69, 9.17) is 10.00 Å². The van der Waals surface area contributed by atoms with E-state index in [-0.39, 0.29) is 11.5 Å². The molecule has 3 heteroatoms. The highest BCUT2D eigenvalue weighted by Gasteiger charge is 2.37. The zero-order valence-corrected chi connectivity index (χ0v) is 10.1. The van der Waals surface area contributed by atoms with Crippen molar-refractivity contribution in [3.8, 4) is 6.07 Å². The van der Waals surface area contributed by atoms with E-state index in [1.54, 1.807) is 7.11 Å². The highest BCUT2D eigenvalue weighted by atomic mass is 16.5. The van der Waals surface area contributed by atoms with Crippen LogP contribution in [0.25, 0.3) is 0 Å². The van der Waals surface area contributed by atoms with E-state index in [9.17, 15) is 0 Å². The molecule has 1 rings (SSSR count). The summed E-state index contributed by atoms with van der Waals surface area (Å²) in [6.07, 6.45) is 3.25. The topological polar surface area (TPSA) is 36.3 Å². The fourth-order valence-corrected chi connectivity index (χ4v) is 2.37. The molecule has 1 fully saturated rings. The van der Waals surface area contributed by atoms with Crippen LogP contribution in [0, 0.1) is 17.2 Å². The smallest absolute Gasteiger partial charge is 0.0675 e. The third kappa shape index (κ3) is 2.93. The van der Waals surface area contributed by atoms with Gasteiger partial charge in [-0.15, -0.1) is 0 Å². The third-order valence-corrected chi connectivity index (χ3v) is 3.52. The Morgan fingerprint density at radius 3 is 2.87 bits per heavy atom. The number of hydrogen-bond donors (Lipinski definition) is 0. The number of hydrogen-bond acceptors (Lipinski definition) is 3. The van der Waals surface area contributed by atoms with Gasteiger partial charge in [0.2, 0.25) is 0 Å². The lowest BCUT2D eigenvalue weighted by molar-refractivity contribution is 0.0376. The molecule has 3 nitrogen and oxygen atoms in total. The summed E-state index contributed by atoms with van der Waals surface area (Å²) in [5, 5.41) is 9.11. The van der Waals surface area contributed by atoms with E-state index >= 15 is 0 Å². The molecule has 0 aliphatic carbocycles. The molecule has 0 bridgehead atoms. The Morgan fingerprint density at radius 1 is 1.53 bits per heavy atom. The Morgan fingerprint density at radius 2 is 2.27 bits per heavy atom. The Kier molecular flexibility index (Phi) is 4.56. The second kappa shape index (κ2) is 5.48. The summed E-state index contributed by atoms with van der Waals surface area (Å²) >= 11 is 0. The molecule has 86 valence electrons. The van der Waals surface area contributed by atoms with E-state index < -0.39 is 0 Å². The molecule has 0 saturated carbocycles. The second-order valence-corrected chi connectivity index (χ2v) is 4.81. The van der Waals surface area contributed by atoms with E-state index in [2.05, 4.69) is 24.8 Å². The number of likely N-dealkylation sites (tertiary alicyclic amines) is 1. The molecule has 0 aromatic heterocycles. The van der Waals surface area contributed by atoms with Crippen molar-refractivity contribution in [2.45, 2.75) is 38.6 Å². The standard InChI is InChI=1S/C12H22N2O/c1-12(2)11(10-13)6-4-7-14(12)8-5-9-15-3/h11H,4-9H2,1-3H3. The summed E-state index contributed by atoms with van der Waals surface area (Å²) in [6, 6.07) is 2.44. The van der Waals surface area contributed by atoms with Gasteiger partial charge in [0.05, 0.1) is 12.0 Å². The molecule has 0 radical (unpaired) electrons. The van der Waals surface area contributed by atoms with Crippen LogP contribution < -0.4 is 0 Å². The summed E-state index contributed by atoms with van der Waals surface area (Å²) < 4.78 is 5.06. The molecule has 1 aliphatic rings. The Hall–Kier alpha value is -0.590. The van der Waals surface area contributed by atoms with Crippen molar-refractivity contribution in [3.63, 3.8) is 0 Å². The number of piperidine rings is 1. The largest absolute Gasteiger partial charge is 0.385 e. The van der Waals surface area contributed by atoms with Crippen LogP contribution in [0.3, 0.4) is 0 Å². The zero-order chi connectivity index (χ0) is 11.3. The molecule has 1 atom stereocenters. The predicted octanol–water partition coefficient (Wildman–Crippen LogP) is 2.04. The maximum Gasteiger partial charge on any atom is 0.0675 e. The van der Waals surface area contributed by atoms with Gasteiger partial charge in [-0.05, 0) is 39.7 Å². The van der Waals surface area contributed by atoms with Crippen molar-refractivity contribution in [1.82, 2.24) is 4.90 Å². The number of nitriles is 1. The van der Waals surface area contributed by atoms with Gasteiger partial charge in [-0.1, -0.05) is 0 Å². The molecule has 0 aromatic rings. The number of ether oxygens (including phenoxy) is 1. The van der Waals surface area contributed by atoms with Crippen molar-refractivity contribution in [3.05, 3.63) is 0 Å². The predicted molar refractivity (Wildman–Crippen MR) is 60.5 cm³/mol. The number of nitrogens with zero attached hydrogens (tertiary/aromatic N) is 2. The molecular formula is C12H22N2O. The Balaban J connectivity index is 2.52. The summed E-state index contributed by atoms with van der Waals surface area (Å²) in [4.78, 5) is 2.43. The fraction of sp³-hybridized carbons (Fsp3) is 0.917. The minimum absolute atomic E-state index is 0.0285. The van der Waals surface area contributed by atoms with Crippen LogP contribution in [0.2, 0.25) is 0 Å². The monoisotopic (exact) mass is 210 g/mol. The van der Waals surface area contributed by atoms with Crippen LogP contribution in [-0.4, -0.2) is 37.2 Å². The van der Waals surface area contributed by atoms with Crippen molar-refractivity contribution < 1.29 is 4.74 Å². The highest BCUT2D eigenvalue weighted by molar-refractivity contribution is 5.02. The van der Waals surface area contributed by atoms with Gasteiger partial charge < -0.3 is 4.74 Å². The minimum Gasteiger partial charge on any atom is -0.385 e. The first-order chi connectivity index (χ1) is 7.12. The molecule has 0 spiro atoms. The van der Waals surface area contributed by atoms with Gasteiger partial charge in [0, 0.05) is 25.8 Å². The SMILES string of the molecule is COCCCN1CCCC(C#N)C1(C)C. The maximum absolute atomic E-state index is 9.11. The minimum atomic E-state index is 0.0285. The van der Waals surface area contributed by atoms with Gasteiger partial charge in [0.25, 0.3) is 0 Å². The van der Waals surface area contributed by atoms with E-state index in [0.717, 1.165) is 39.0 Å². The van der Waals surface area contributed by atoms with Gasteiger partial charge in [-0.25, -0.2) is 0 Å². The van der Waals surface area contributed by atoms with Crippen LogP contribution >= 0.6 is 0 Å². The molecule has 0 amide bonds. The summed E-state index contributed by atoms with van der Waals surface area (Å²) in [6.45, 7) is 7.34. The van der Waals surface area contributed by atoms with Crippen LogP contribution in [-0.2, 0) is 4.74 Å². The molecule has 1 aliphatic heterocycles. The molecule has 1 saturated heterocycles. The van der Waals surface area contributed by atoms with Gasteiger partial charge in [-0.2, -0.15) is 5.26 Å². The third-order valence-electron chi connectivity index (χ3n) is 3.52. The normalized spacial score (nSPS) is 26.1. The van der Waals surface area contributed by atoms with Gasteiger partial charge >= 0.3 is 0 Å².